The van der Waals surface area contributed by atoms with Gasteiger partial charge in [0.05, 0.1) is 17.6 Å². The van der Waals surface area contributed by atoms with Crippen LogP contribution >= 0.6 is 11.8 Å². The summed E-state index contributed by atoms with van der Waals surface area (Å²) in [5.74, 6) is -0.524. The van der Waals surface area contributed by atoms with Crippen LogP contribution in [-0.2, 0) is 4.74 Å². The molecule has 0 aliphatic heterocycles. The smallest absolute Gasteiger partial charge is 0.339 e. The molecule has 0 atom stereocenters. The third kappa shape index (κ3) is 3.26. The number of non-ortho nitro benzene ring substituents is 1. The van der Waals surface area contributed by atoms with Gasteiger partial charge in [-0.1, -0.05) is 12.8 Å². The lowest BCUT2D eigenvalue weighted by molar-refractivity contribution is -0.384. The molecule has 0 amide bonds. The molecular weight excluding hydrogens is 266 g/mol. The van der Waals surface area contributed by atoms with E-state index in [0.29, 0.717) is 5.25 Å². The van der Waals surface area contributed by atoms with Gasteiger partial charge in [-0.2, -0.15) is 0 Å². The number of nitro groups is 1. The van der Waals surface area contributed by atoms with Crippen molar-refractivity contribution in [3.8, 4) is 0 Å². The fourth-order valence-corrected chi connectivity index (χ4v) is 3.53. The summed E-state index contributed by atoms with van der Waals surface area (Å²) in [5.41, 5.74) is 0.199. The van der Waals surface area contributed by atoms with E-state index in [2.05, 4.69) is 0 Å². The highest BCUT2D eigenvalue weighted by molar-refractivity contribution is 8.00. The van der Waals surface area contributed by atoms with E-state index in [4.69, 9.17) is 4.74 Å². The SMILES string of the molecule is COC(=O)c1cc([N+](=O)[O-])ccc1SC1CCCC1. The average molecular weight is 281 g/mol. The lowest BCUT2D eigenvalue weighted by Gasteiger charge is -2.11. The lowest BCUT2D eigenvalue weighted by atomic mass is 10.2. The van der Waals surface area contributed by atoms with Crippen LogP contribution < -0.4 is 0 Å². The minimum Gasteiger partial charge on any atom is -0.465 e. The molecule has 1 fully saturated rings. The number of ether oxygens (including phenoxy) is 1. The van der Waals surface area contributed by atoms with Gasteiger partial charge in [0, 0.05) is 22.3 Å². The van der Waals surface area contributed by atoms with Crippen molar-refractivity contribution in [1.29, 1.82) is 0 Å². The molecule has 1 aromatic carbocycles. The molecule has 1 aromatic rings. The summed E-state index contributed by atoms with van der Waals surface area (Å²) in [6, 6.07) is 4.38. The Hall–Kier alpha value is -1.56. The van der Waals surface area contributed by atoms with E-state index in [0.717, 1.165) is 17.7 Å². The van der Waals surface area contributed by atoms with Crippen LogP contribution in [0, 0.1) is 10.1 Å². The summed E-state index contributed by atoms with van der Waals surface area (Å²) in [5, 5.41) is 11.3. The number of hydrogen-bond acceptors (Lipinski definition) is 5. The maximum absolute atomic E-state index is 11.7. The van der Waals surface area contributed by atoms with Crippen molar-refractivity contribution in [2.45, 2.75) is 35.8 Å². The first kappa shape index (κ1) is 13.9. The first-order valence-electron chi connectivity index (χ1n) is 6.15. The fraction of sp³-hybridized carbons (Fsp3) is 0.462. The van der Waals surface area contributed by atoms with Gasteiger partial charge in [0.15, 0.2) is 0 Å². The molecule has 1 saturated carbocycles. The van der Waals surface area contributed by atoms with E-state index in [1.54, 1.807) is 17.8 Å². The Balaban J connectivity index is 2.29. The first-order chi connectivity index (χ1) is 9.11. The summed E-state index contributed by atoms with van der Waals surface area (Å²) in [7, 11) is 1.28. The minimum absolute atomic E-state index is 0.0869. The lowest BCUT2D eigenvalue weighted by Crippen LogP contribution is -2.06. The van der Waals surface area contributed by atoms with Crippen LogP contribution in [0.3, 0.4) is 0 Å². The van der Waals surface area contributed by atoms with E-state index in [9.17, 15) is 14.9 Å². The van der Waals surface area contributed by atoms with Crippen LogP contribution in [0.25, 0.3) is 0 Å². The van der Waals surface area contributed by atoms with E-state index >= 15 is 0 Å². The Bertz CT molecular complexity index is 497. The van der Waals surface area contributed by atoms with Crippen LogP contribution in [-0.4, -0.2) is 23.3 Å². The average Bonchev–Trinajstić information content (AvgIpc) is 2.91. The number of thioether (sulfide) groups is 1. The normalized spacial score (nSPS) is 15.4. The Morgan fingerprint density at radius 2 is 2.11 bits per heavy atom. The second-order valence-electron chi connectivity index (χ2n) is 4.45. The number of benzene rings is 1. The molecule has 6 heteroatoms. The highest BCUT2D eigenvalue weighted by Gasteiger charge is 2.22. The Morgan fingerprint density at radius 3 is 2.68 bits per heavy atom. The topological polar surface area (TPSA) is 69.4 Å². The predicted octanol–water partition coefficient (Wildman–Crippen LogP) is 3.42. The molecule has 1 aliphatic carbocycles. The standard InChI is InChI=1S/C13H15NO4S/c1-18-13(15)11-8-9(14(16)17)6-7-12(11)19-10-4-2-3-5-10/h6-8,10H,2-5H2,1H3. The number of nitrogens with zero attached hydrogens (tertiary/aromatic N) is 1. The third-order valence-corrected chi connectivity index (χ3v) is 4.59. The molecule has 0 saturated heterocycles. The second kappa shape index (κ2) is 6.06. The maximum atomic E-state index is 11.7. The van der Waals surface area contributed by atoms with Crippen molar-refractivity contribution >= 4 is 23.4 Å². The van der Waals surface area contributed by atoms with Crippen molar-refractivity contribution in [3.63, 3.8) is 0 Å². The molecule has 0 heterocycles. The molecule has 102 valence electrons. The summed E-state index contributed by atoms with van der Waals surface area (Å²) < 4.78 is 4.70. The predicted molar refractivity (Wildman–Crippen MR) is 72.5 cm³/mol. The quantitative estimate of drug-likeness (QED) is 0.480. The molecule has 0 spiro atoms. The molecule has 19 heavy (non-hydrogen) atoms. The van der Waals surface area contributed by atoms with E-state index in [1.165, 1.54) is 32.1 Å². The summed E-state index contributed by atoms with van der Waals surface area (Å²) in [4.78, 5) is 22.8. The number of rotatable bonds is 4. The van der Waals surface area contributed by atoms with Gasteiger partial charge >= 0.3 is 5.97 Å². The third-order valence-electron chi connectivity index (χ3n) is 3.18. The Labute approximate surface area is 115 Å². The van der Waals surface area contributed by atoms with Gasteiger partial charge in [-0.15, -0.1) is 11.8 Å². The van der Waals surface area contributed by atoms with Crippen molar-refractivity contribution in [1.82, 2.24) is 0 Å². The number of methoxy groups -OCH3 is 1. The fourth-order valence-electron chi connectivity index (χ4n) is 2.19. The van der Waals surface area contributed by atoms with Gasteiger partial charge in [-0.25, -0.2) is 4.79 Å². The van der Waals surface area contributed by atoms with E-state index in [1.807, 2.05) is 0 Å². The Morgan fingerprint density at radius 1 is 1.42 bits per heavy atom. The molecule has 0 bridgehead atoms. The van der Waals surface area contributed by atoms with Crippen LogP contribution in [0.15, 0.2) is 23.1 Å². The zero-order chi connectivity index (χ0) is 13.8. The monoisotopic (exact) mass is 281 g/mol. The maximum Gasteiger partial charge on any atom is 0.339 e. The minimum atomic E-state index is -0.524. The Kier molecular flexibility index (Phi) is 4.42. The number of esters is 1. The molecule has 0 aromatic heterocycles. The van der Waals surface area contributed by atoms with Crippen LogP contribution in [0.1, 0.15) is 36.0 Å². The molecular formula is C13H15NO4S. The highest BCUT2D eigenvalue weighted by atomic mass is 32.2. The van der Waals surface area contributed by atoms with Gasteiger partial charge < -0.3 is 4.74 Å². The molecule has 0 unspecified atom stereocenters. The van der Waals surface area contributed by atoms with Gasteiger partial charge in [0.25, 0.3) is 5.69 Å². The van der Waals surface area contributed by atoms with Crippen LogP contribution in [0.5, 0.6) is 0 Å². The van der Waals surface area contributed by atoms with Crippen molar-refractivity contribution in [2.75, 3.05) is 7.11 Å². The summed E-state index contributed by atoms with van der Waals surface area (Å²) >= 11 is 1.62. The van der Waals surface area contributed by atoms with Gasteiger partial charge in [0.2, 0.25) is 0 Å². The zero-order valence-corrected chi connectivity index (χ0v) is 11.4. The van der Waals surface area contributed by atoms with Gasteiger partial charge in [-0.3, -0.25) is 10.1 Å². The number of carbonyl (C=O) groups excluding carboxylic acids is 1. The second-order valence-corrected chi connectivity index (χ2v) is 5.80. The van der Waals surface area contributed by atoms with Gasteiger partial charge in [0.1, 0.15) is 0 Å². The van der Waals surface area contributed by atoms with Gasteiger partial charge in [-0.05, 0) is 18.9 Å². The van der Waals surface area contributed by atoms with Crippen LogP contribution in [0.4, 0.5) is 5.69 Å². The largest absolute Gasteiger partial charge is 0.465 e. The molecule has 0 radical (unpaired) electrons. The van der Waals surface area contributed by atoms with Crippen molar-refractivity contribution in [2.24, 2.45) is 0 Å². The number of carbonyl (C=O) groups is 1. The van der Waals surface area contributed by atoms with E-state index < -0.39 is 10.9 Å². The molecule has 0 N–H and O–H groups in total. The number of nitro benzene ring substituents is 1. The van der Waals surface area contributed by atoms with Crippen LogP contribution in [0.2, 0.25) is 0 Å². The van der Waals surface area contributed by atoms with E-state index in [-0.39, 0.29) is 11.3 Å². The zero-order valence-electron chi connectivity index (χ0n) is 10.6. The number of hydrogen-bond donors (Lipinski definition) is 0. The van der Waals surface area contributed by atoms with Crippen molar-refractivity contribution < 1.29 is 14.5 Å². The highest BCUT2D eigenvalue weighted by Crippen LogP contribution is 2.37. The summed E-state index contributed by atoms with van der Waals surface area (Å²) in [6.45, 7) is 0. The first-order valence-corrected chi connectivity index (χ1v) is 7.03. The summed E-state index contributed by atoms with van der Waals surface area (Å²) in [6.07, 6.45) is 4.67. The van der Waals surface area contributed by atoms with Crippen molar-refractivity contribution in [3.05, 3.63) is 33.9 Å². The molecule has 1 aliphatic rings. The molecule has 2 rings (SSSR count). The molecule has 5 nitrogen and oxygen atoms in total.